The monoisotopic (exact) mass is 339 g/mol. The number of amides is 1. The van der Waals surface area contributed by atoms with E-state index in [1.54, 1.807) is 41.3 Å². The zero-order chi connectivity index (χ0) is 16.8. The van der Waals surface area contributed by atoms with Gasteiger partial charge < -0.3 is 9.32 Å². The van der Waals surface area contributed by atoms with Crippen LogP contribution >= 0.6 is 11.6 Å². The fraction of sp³-hybridized carbons (Fsp3) is 0.158. The standard InChI is InChI=1S/C19H14ClNO3/c1-2-21-16(11-6-5-7-12(20)10-11)15-17(22)13-8-3-4-9-14(13)24-18(15)19(21)23/h3-10,16H,2H2,1H3. The fourth-order valence-electron chi connectivity index (χ4n) is 3.32. The van der Waals surface area contributed by atoms with Crippen molar-refractivity contribution >= 4 is 28.5 Å². The van der Waals surface area contributed by atoms with Gasteiger partial charge in [-0.25, -0.2) is 0 Å². The molecule has 1 aliphatic rings. The van der Waals surface area contributed by atoms with Crippen molar-refractivity contribution in [3.05, 3.63) is 80.7 Å². The van der Waals surface area contributed by atoms with Crippen LogP contribution in [0.1, 0.15) is 34.6 Å². The van der Waals surface area contributed by atoms with Crippen LogP contribution in [-0.2, 0) is 0 Å². The predicted molar refractivity (Wildman–Crippen MR) is 92.5 cm³/mol. The van der Waals surface area contributed by atoms with Gasteiger partial charge in [0, 0.05) is 11.6 Å². The van der Waals surface area contributed by atoms with E-state index >= 15 is 0 Å². The number of halogens is 1. The molecule has 4 nitrogen and oxygen atoms in total. The Hall–Kier alpha value is -2.59. The van der Waals surface area contributed by atoms with Crippen molar-refractivity contribution in [2.45, 2.75) is 13.0 Å². The molecule has 0 saturated carbocycles. The summed E-state index contributed by atoms with van der Waals surface area (Å²) in [5.41, 5.74) is 1.46. The second-order valence-electron chi connectivity index (χ2n) is 5.72. The van der Waals surface area contributed by atoms with E-state index in [9.17, 15) is 9.59 Å². The van der Waals surface area contributed by atoms with Crippen LogP contribution in [0, 0.1) is 0 Å². The summed E-state index contributed by atoms with van der Waals surface area (Å²) in [5, 5.41) is 1.05. The summed E-state index contributed by atoms with van der Waals surface area (Å²) in [4.78, 5) is 27.4. The third-order valence-electron chi connectivity index (χ3n) is 4.38. The Kier molecular flexibility index (Phi) is 3.43. The highest BCUT2D eigenvalue weighted by Crippen LogP contribution is 2.38. The average molecular weight is 340 g/mol. The van der Waals surface area contributed by atoms with Gasteiger partial charge in [0.25, 0.3) is 5.91 Å². The second kappa shape index (κ2) is 5.49. The lowest BCUT2D eigenvalue weighted by molar-refractivity contribution is 0.0738. The topological polar surface area (TPSA) is 50.5 Å². The molecule has 0 N–H and O–H groups in total. The zero-order valence-electron chi connectivity index (χ0n) is 13.0. The normalized spacial score (nSPS) is 16.7. The Balaban J connectivity index is 2.05. The summed E-state index contributed by atoms with van der Waals surface area (Å²) in [6.07, 6.45) is 0. The van der Waals surface area contributed by atoms with Crippen LogP contribution in [0.25, 0.3) is 11.0 Å². The van der Waals surface area contributed by atoms with Crippen molar-refractivity contribution in [3.63, 3.8) is 0 Å². The number of nitrogens with zero attached hydrogens (tertiary/aromatic N) is 1. The molecule has 0 saturated heterocycles. The third kappa shape index (κ3) is 2.07. The molecule has 2 heterocycles. The van der Waals surface area contributed by atoms with Crippen LogP contribution in [0.5, 0.6) is 0 Å². The largest absolute Gasteiger partial charge is 0.450 e. The van der Waals surface area contributed by atoms with Gasteiger partial charge in [0.05, 0.1) is 17.0 Å². The lowest BCUT2D eigenvalue weighted by Crippen LogP contribution is -2.29. The first kappa shape index (κ1) is 15.0. The van der Waals surface area contributed by atoms with E-state index in [-0.39, 0.29) is 17.1 Å². The first-order valence-corrected chi connectivity index (χ1v) is 8.11. The third-order valence-corrected chi connectivity index (χ3v) is 4.61. The lowest BCUT2D eigenvalue weighted by atomic mass is 9.98. The number of rotatable bonds is 2. The molecular formula is C19H14ClNO3. The number of carbonyl (C=O) groups excluding carboxylic acids is 1. The molecule has 0 spiro atoms. The van der Waals surface area contributed by atoms with E-state index < -0.39 is 6.04 Å². The molecule has 1 atom stereocenters. The Labute approximate surface area is 143 Å². The maximum atomic E-state index is 13.0. The Morgan fingerprint density at radius 3 is 2.67 bits per heavy atom. The highest BCUT2D eigenvalue weighted by atomic mass is 35.5. The van der Waals surface area contributed by atoms with Crippen LogP contribution < -0.4 is 5.43 Å². The zero-order valence-corrected chi connectivity index (χ0v) is 13.7. The molecular weight excluding hydrogens is 326 g/mol. The van der Waals surface area contributed by atoms with Crippen molar-refractivity contribution in [2.24, 2.45) is 0 Å². The highest BCUT2D eigenvalue weighted by molar-refractivity contribution is 6.30. The maximum absolute atomic E-state index is 13.0. The number of para-hydroxylation sites is 1. The van der Waals surface area contributed by atoms with Gasteiger partial charge in [-0.15, -0.1) is 0 Å². The van der Waals surface area contributed by atoms with Crippen molar-refractivity contribution in [3.8, 4) is 0 Å². The van der Waals surface area contributed by atoms with Gasteiger partial charge in [0.2, 0.25) is 5.76 Å². The van der Waals surface area contributed by atoms with Crippen LogP contribution in [-0.4, -0.2) is 17.4 Å². The van der Waals surface area contributed by atoms with Gasteiger partial charge in [0.1, 0.15) is 5.58 Å². The molecule has 24 heavy (non-hydrogen) atoms. The van der Waals surface area contributed by atoms with Gasteiger partial charge >= 0.3 is 0 Å². The van der Waals surface area contributed by atoms with E-state index in [1.165, 1.54) is 0 Å². The van der Waals surface area contributed by atoms with E-state index in [4.69, 9.17) is 16.0 Å². The Morgan fingerprint density at radius 1 is 1.12 bits per heavy atom. The van der Waals surface area contributed by atoms with Crippen molar-refractivity contribution in [1.29, 1.82) is 0 Å². The average Bonchev–Trinajstić information content (AvgIpc) is 2.88. The summed E-state index contributed by atoms with van der Waals surface area (Å²) in [6.45, 7) is 2.35. The molecule has 1 amide bonds. The van der Waals surface area contributed by atoms with Crippen molar-refractivity contribution in [2.75, 3.05) is 6.54 Å². The van der Waals surface area contributed by atoms with Gasteiger partial charge in [-0.05, 0) is 36.8 Å². The minimum atomic E-state index is -0.475. The molecule has 1 aliphatic heterocycles. The van der Waals surface area contributed by atoms with Crippen LogP contribution in [0.3, 0.4) is 0 Å². The van der Waals surface area contributed by atoms with E-state index in [1.807, 2.05) is 19.1 Å². The smallest absolute Gasteiger partial charge is 0.290 e. The fourth-order valence-corrected chi connectivity index (χ4v) is 3.52. The molecule has 0 fully saturated rings. The van der Waals surface area contributed by atoms with Gasteiger partial charge in [0.15, 0.2) is 5.43 Å². The number of hydrogen-bond acceptors (Lipinski definition) is 3. The minimum Gasteiger partial charge on any atom is -0.450 e. The number of fused-ring (bicyclic) bond motifs is 2. The predicted octanol–water partition coefficient (Wildman–Crippen LogP) is 4.01. The first-order valence-electron chi connectivity index (χ1n) is 7.74. The van der Waals surface area contributed by atoms with E-state index in [0.29, 0.717) is 28.1 Å². The molecule has 5 heteroatoms. The first-order chi connectivity index (χ1) is 11.6. The lowest BCUT2D eigenvalue weighted by Gasteiger charge is -2.23. The molecule has 0 radical (unpaired) electrons. The summed E-state index contributed by atoms with van der Waals surface area (Å²) < 4.78 is 5.79. The van der Waals surface area contributed by atoms with Crippen LogP contribution in [0.4, 0.5) is 0 Å². The van der Waals surface area contributed by atoms with Crippen molar-refractivity contribution in [1.82, 2.24) is 4.90 Å². The minimum absolute atomic E-state index is 0.130. The molecule has 1 unspecified atom stereocenters. The summed E-state index contributed by atoms with van der Waals surface area (Å²) in [5.74, 6) is -0.133. The maximum Gasteiger partial charge on any atom is 0.290 e. The Bertz CT molecular complexity index is 1020. The number of carbonyl (C=O) groups is 1. The Morgan fingerprint density at radius 2 is 1.92 bits per heavy atom. The molecule has 0 aliphatic carbocycles. The van der Waals surface area contributed by atoms with Gasteiger partial charge in [-0.3, -0.25) is 9.59 Å². The summed E-state index contributed by atoms with van der Waals surface area (Å²) in [7, 11) is 0. The summed E-state index contributed by atoms with van der Waals surface area (Å²) in [6, 6.07) is 13.7. The highest BCUT2D eigenvalue weighted by Gasteiger charge is 2.41. The second-order valence-corrected chi connectivity index (χ2v) is 6.16. The molecule has 3 aromatic rings. The molecule has 1 aromatic heterocycles. The van der Waals surface area contributed by atoms with Gasteiger partial charge in [-0.2, -0.15) is 0 Å². The van der Waals surface area contributed by atoms with E-state index in [2.05, 4.69) is 0 Å². The van der Waals surface area contributed by atoms with Gasteiger partial charge in [-0.1, -0.05) is 35.9 Å². The molecule has 2 aromatic carbocycles. The SMILES string of the molecule is CCN1C(=O)c2oc3ccccc3c(=O)c2C1c1cccc(Cl)c1. The number of benzene rings is 2. The van der Waals surface area contributed by atoms with Crippen molar-refractivity contribution < 1.29 is 9.21 Å². The van der Waals surface area contributed by atoms with Crippen LogP contribution in [0.15, 0.2) is 57.7 Å². The van der Waals surface area contributed by atoms with E-state index in [0.717, 1.165) is 5.56 Å². The quantitative estimate of drug-likeness (QED) is 0.708. The molecule has 120 valence electrons. The van der Waals surface area contributed by atoms with Crippen LogP contribution in [0.2, 0.25) is 5.02 Å². The molecule has 0 bridgehead atoms. The summed E-state index contributed by atoms with van der Waals surface area (Å²) >= 11 is 6.11. The number of hydrogen-bond donors (Lipinski definition) is 0. The molecule has 4 rings (SSSR count).